The topological polar surface area (TPSA) is 62.3 Å². The molecule has 3 amide bonds. The van der Waals surface area contributed by atoms with E-state index in [0.29, 0.717) is 11.1 Å². The monoisotopic (exact) mass is 429 g/mol. The van der Waals surface area contributed by atoms with E-state index >= 15 is 0 Å². The Morgan fingerprint density at radius 2 is 1.90 bits per heavy atom. The lowest BCUT2D eigenvalue weighted by atomic mass is 9.92. The molecule has 0 spiro atoms. The van der Waals surface area contributed by atoms with Gasteiger partial charge in [-0.25, -0.2) is 14.2 Å². The van der Waals surface area contributed by atoms with E-state index < -0.39 is 23.3 Å². The molecule has 0 bridgehead atoms. The van der Waals surface area contributed by atoms with Gasteiger partial charge in [0.2, 0.25) is 0 Å². The van der Waals surface area contributed by atoms with Crippen LogP contribution in [0.3, 0.4) is 0 Å². The zero-order chi connectivity index (χ0) is 20.8. The van der Waals surface area contributed by atoms with Gasteiger partial charge in [-0.15, -0.1) is 11.8 Å². The summed E-state index contributed by atoms with van der Waals surface area (Å²) in [4.78, 5) is 32.2. The van der Waals surface area contributed by atoms with Crippen LogP contribution >= 0.6 is 23.4 Å². The summed E-state index contributed by atoms with van der Waals surface area (Å²) in [6.45, 7) is 1.60. The van der Waals surface area contributed by atoms with Gasteiger partial charge in [0.1, 0.15) is 16.5 Å². The van der Waals surface area contributed by atoms with Gasteiger partial charge >= 0.3 is 6.03 Å². The Kier molecular flexibility index (Phi) is 4.96. The zero-order valence-electron chi connectivity index (χ0n) is 15.7. The van der Waals surface area contributed by atoms with Crippen molar-refractivity contribution in [3.05, 3.63) is 70.6 Å². The van der Waals surface area contributed by atoms with Crippen LogP contribution in [-0.4, -0.2) is 28.1 Å². The lowest BCUT2D eigenvalue weighted by Crippen LogP contribution is -2.40. The fourth-order valence-corrected chi connectivity index (χ4v) is 4.03. The van der Waals surface area contributed by atoms with Gasteiger partial charge in [0.05, 0.1) is 12.1 Å². The summed E-state index contributed by atoms with van der Waals surface area (Å²) < 4.78 is 13.3. The second-order valence-corrected chi connectivity index (χ2v) is 8.19. The van der Waals surface area contributed by atoms with Gasteiger partial charge in [0, 0.05) is 15.8 Å². The van der Waals surface area contributed by atoms with E-state index in [2.05, 4.69) is 10.3 Å². The van der Waals surface area contributed by atoms with E-state index in [-0.39, 0.29) is 11.7 Å². The molecule has 4 rings (SSSR count). The number of imide groups is 1. The number of fused-ring (bicyclic) bond motifs is 1. The second-order valence-electron chi connectivity index (χ2n) is 6.95. The maximum absolute atomic E-state index is 13.3. The number of halogens is 2. The Morgan fingerprint density at radius 3 is 2.59 bits per heavy atom. The highest BCUT2D eigenvalue weighted by Gasteiger charge is 2.49. The summed E-state index contributed by atoms with van der Waals surface area (Å²) in [6, 6.07) is 12.7. The molecule has 8 heteroatoms. The molecule has 1 aliphatic heterocycles. The van der Waals surface area contributed by atoms with Crippen LogP contribution < -0.4 is 5.32 Å². The van der Waals surface area contributed by atoms with Crippen LogP contribution in [0.4, 0.5) is 9.18 Å². The molecular formula is C21H17ClFN3O2S. The first-order chi connectivity index (χ1) is 13.8. The summed E-state index contributed by atoms with van der Waals surface area (Å²) in [5.41, 5.74) is 0.559. The number of amides is 3. The van der Waals surface area contributed by atoms with Gasteiger partial charge in [-0.1, -0.05) is 29.8 Å². The number of carbonyl (C=O) groups is 2. The number of nitrogens with one attached hydrogen (secondary N) is 1. The van der Waals surface area contributed by atoms with Gasteiger partial charge in [-0.3, -0.25) is 9.69 Å². The number of carbonyl (C=O) groups excluding carboxylic acids is 2. The van der Waals surface area contributed by atoms with Gasteiger partial charge in [-0.2, -0.15) is 0 Å². The highest BCUT2D eigenvalue weighted by molar-refractivity contribution is 7.98. The van der Waals surface area contributed by atoms with Crippen LogP contribution in [-0.2, 0) is 16.9 Å². The van der Waals surface area contributed by atoms with Gasteiger partial charge in [0.15, 0.2) is 0 Å². The number of thioether (sulfide) groups is 1. The van der Waals surface area contributed by atoms with E-state index in [1.165, 1.54) is 24.3 Å². The van der Waals surface area contributed by atoms with E-state index in [9.17, 15) is 14.0 Å². The molecule has 1 fully saturated rings. The molecule has 148 valence electrons. The number of benzene rings is 2. The fraction of sp³-hybridized carbons (Fsp3) is 0.190. The molecule has 29 heavy (non-hydrogen) atoms. The molecule has 0 saturated carbocycles. The van der Waals surface area contributed by atoms with E-state index in [1.807, 2.05) is 30.5 Å². The molecule has 3 aromatic rings. The summed E-state index contributed by atoms with van der Waals surface area (Å²) >= 11 is 7.96. The molecule has 2 heterocycles. The third-order valence-corrected chi connectivity index (χ3v) is 6.13. The Balaban J connectivity index is 1.65. The Morgan fingerprint density at radius 1 is 1.17 bits per heavy atom. The number of hydrogen-bond acceptors (Lipinski definition) is 4. The quantitative estimate of drug-likeness (QED) is 0.370. The number of pyridine rings is 1. The number of hydrogen-bond donors (Lipinski definition) is 1. The summed E-state index contributed by atoms with van der Waals surface area (Å²) in [5.74, 6) is -0.840. The van der Waals surface area contributed by atoms with Crippen molar-refractivity contribution in [2.24, 2.45) is 0 Å². The second kappa shape index (κ2) is 7.31. The molecule has 0 aliphatic carbocycles. The predicted octanol–water partition coefficient (Wildman–Crippen LogP) is 4.72. The molecule has 0 radical (unpaired) electrons. The SMILES string of the molecule is CSc1ccc2cc(CN3C(=O)NC(C)(c4ccc(F)cc4)C3=O)c(Cl)nc2c1. The van der Waals surface area contributed by atoms with E-state index in [0.717, 1.165) is 20.7 Å². The van der Waals surface area contributed by atoms with Crippen molar-refractivity contribution in [3.8, 4) is 0 Å². The molecule has 1 atom stereocenters. The first-order valence-corrected chi connectivity index (χ1v) is 10.5. The molecule has 1 aromatic heterocycles. The molecule has 1 aliphatic rings. The van der Waals surface area contributed by atoms with E-state index in [1.54, 1.807) is 18.7 Å². The van der Waals surface area contributed by atoms with Crippen molar-refractivity contribution in [1.29, 1.82) is 0 Å². The molecule has 1 N–H and O–H groups in total. The first kappa shape index (κ1) is 19.7. The van der Waals surface area contributed by atoms with Crippen LogP contribution in [0.25, 0.3) is 10.9 Å². The average Bonchev–Trinajstić information content (AvgIpc) is 2.92. The largest absolute Gasteiger partial charge is 0.325 e. The maximum atomic E-state index is 13.3. The smallest absolute Gasteiger partial charge is 0.319 e. The van der Waals surface area contributed by atoms with Crippen LogP contribution in [0.5, 0.6) is 0 Å². The number of urea groups is 1. The summed E-state index contributed by atoms with van der Waals surface area (Å²) in [6.07, 6.45) is 1.98. The average molecular weight is 430 g/mol. The Labute approximate surface area is 176 Å². The van der Waals surface area contributed by atoms with E-state index in [4.69, 9.17) is 11.6 Å². The maximum Gasteiger partial charge on any atom is 0.325 e. The van der Waals surface area contributed by atoms with Gasteiger partial charge < -0.3 is 5.32 Å². The molecule has 1 unspecified atom stereocenters. The van der Waals surface area contributed by atoms with Crippen molar-refractivity contribution >= 4 is 46.2 Å². The Bertz CT molecular complexity index is 1140. The van der Waals surface area contributed by atoms with Gasteiger partial charge in [0.25, 0.3) is 5.91 Å². The van der Waals surface area contributed by atoms with Crippen LogP contribution in [0.1, 0.15) is 18.1 Å². The van der Waals surface area contributed by atoms with Crippen molar-refractivity contribution in [2.75, 3.05) is 6.26 Å². The van der Waals surface area contributed by atoms with Crippen molar-refractivity contribution in [3.63, 3.8) is 0 Å². The normalized spacial score (nSPS) is 19.1. The number of aromatic nitrogens is 1. The minimum absolute atomic E-state index is 0.00644. The van der Waals surface area contributed by atoms with Crippen LogP contribution in [0, 0.1) is 5.82 Å². The van der Waals surface area contributed by atoms with Crippen LogP contribution in [0.15, 0.2) is 53.4 Å². The highest BCUT2D eigenvalue weighted by atomic mass is 35.5. The van der Waals surface area contributed by atoms with Gasteiger partial charge in [-0.05, 0) is 49.1 Å². The van der Waals surface area contributed by atoms with Crippen molar-refractivity contribution in [1.82, 2.24) is 15.2 Å². The summed E-state index contributed by atoms with van der Waals surface area (Å²) in [7, 11) is 0. The number of nitrogens with zero attached hydrogens (tertiary/aromatic N) is 2. The zero-order valence-corrected chi connectivity index (χ0v) is 17.3. The first-order valence-electron chi connectivity index (χ1n) is 8.85. The highest BCUT2D eigenvalue weighted by Crippen LogP contribution is 2.32. The molecule has 1 saturated heterocycles. The minimum Gasteiger partial charge on any atom is -0.319 e. The standard InChI is InChI=1S/C21H17ClFN3O2S/c1-21(14-4-6-15(23)7-5-14)19(27)26(20(28)25-21)11-13-9-12-3-8-16(29-2)10-17(12)24-18(13)22/h3-10H,11H2,1-2H3,(H,25,28). The van der Waals surface area contributed by atoms with Crippen LogP contribution in [0.2, 0.25) is 5.15 Å². The molecule has 5 nitrogen and oxygen atoms in total. The fourth-order valence-electron chi connectivity index (χ4n) is 3.39. The molecular weight excluding hydrogens is 413 g/mol. The van der Waals surface area contributed by atoms with Crippen molar-refractivity contribution < 1.29 is 14.0 Å². The minimum atomic E-state index is -1.27. The third-order valence-electron chi connectivity index (χ3n) is 5.08. The van der Waals surface area contributed by atoms with Crippen molar-refractivity contribution in [2.45, 2.75) is 23.9 Å². The third kappa shape index (κ3) is 3.45. The Hall–Kier alpha value is -2.64. The number of rotatable bonds is 4. The summed E-state index contributed by atoms with van der Waals surface area (Å²) in [5, 5.41) is 3.82. The predicted molar refractivity (Wildman–Crippen MR) is 111 cm³/mol. The lowest BCUT2D eigenvalue weighted by molar-refractivity contribution is -0.131. The molecule has 2 aromatic carbocycles. The lowest BCUT2D eigenvalue weighted by Gasteiger charge is -2.22.